The van der Waals surface area contributed by atoms with Crippen LogP contribution in [-0.2, 0) is 4.79 Å². The highest BCUT2D eigenvalue weighted by molar-refractivity contribution is 6.08. The molecule has 3 heterocycles. The van der Waals surface area contributed by atoms with E-state index in [1.807, 2.05) is 17.0 Å². The molecule has 0 N–H and O–H groups in total. The highest BCUT2D eigenvalue weighted by Crippen LogP contribution is 2.42. The molecule has 1 aliphatic heterocycles. The zero-order chi connectivity index (χ0) is 20.5. The Bertz CT molecular complexity index is 1050. The zero-order valence-corrected chi connectivity index (χ0v) is 17.7. The van der Waals surface area contributed by atoms with Gasteiger partial charge in [-0.1, -0.05) is 32.3 Å². The lowest BCUT2D eigenvalue weighted by molar-refractivity contribution is -0.127. The summed E-state index contributed by atoms with van der Waals surface area (Å²) >= 11 is 0. The van der Waals surface area contributed by atoms with E-state index in [1.165, 1.54) is 37.7 Å². The number of carbonyl (C=O) groups excluding carboxylic acids is 1. The van der Waals surface area contributed by atoms with E-state index in [4.69, 9.17) is 9.15 Å². The third-order valence-electron chi connectivity index (χ3n) is 6.53. The third kappa shape index (κ3) is 3.78. The summed E-state index contributed by atoms with van der Waals surface area (Å²) in [6, 6.07) is 6.19. The van der Waals surface area contributed by atoms with Crippen LogP contribution >= 0.6 is 0 Å². The Morgan fingerprint density at radius 1 is 1.20 bits per heavy atom. The molecule has 1 unspecified atom stereocenters. The molecule has 1 aromatic carbocycles. The maximum Gasteiger partial charge on any atom is 0.223 e. The van der Waals surface area contributed by atoms with Crippen molar-refractivity contribution in [3.05, 3.63) is 36.2 Å². The van der Waals surface area contributed by atoms with Crippen LogP contribution < -0.4 is 4.74 Å². The Morgan fingerprint density at radius 3 is 2.93 bits per heavy atom. The lowest BCUT2D eigenvalue weighted by Gasteiger charge is -2.17. The number of nitrogens with zero attached hydrogens (tertiary/aromatic N) is 2. The predicted molar refractivity (Wildman–Crippen MR) is 118 cm³/mol. The van der Waals surface area contributed by atoms with Gasteiger partial charge in [-0.25, -0.2) is 0 Å². The fraction of sp³-hybridized carbons (Fsp3) is 0.520. The van der Waals surface area contributed by atoms with Crippen molar-refractivity contribution in [3.8, 4) is 5.75 Å². The monoisotopic (exact) mass is 406 g/mol. The number of pyridine rings is 1. The van der Waals surface area contributed by atoms with Gasteiger partial charge >= 0.3 is 0 Å². The minimum Gasteiger partial charge on any atom is -0.489 e. The molecule has 158 valence electrons. The van der Waals surface area contributed by atoms with Gasteiger partial charge in [0.1, 0.15) is 0 Å². The molecule has 0 spiro atoms. The van der Waals surface area contributed by atoms with Gasteiger partial charge in [-0.05, 0) is 42.9 Å². The van der Waals surface area contributed by atoms with Gasteiger partial charge in [0.05, 0.1) is 12.8 Å². The number of amides is 1. The number of rotatable bonds is 9. The average molecular weight is 407 g/mol. The molecular weight excluding hydrogens is 376 g/mol. The molecule has 5 heteroatoms. The van der Waals surface area contributed by atoms with E-state index in [2.05, 4.69) is 18.0 Å². The lowest BCUT2D eigenvalue weighted by Crippen LogP contribution is -2.26. The molecule has 3 aromatic rings. The number of furan rings is 1. The summed E-state index contributed by atoms with van der Waals surface area (Å²) in [4.78, 5) is 19.0. The summed E-state index contributed by atoms with van der Waals surface area (Å²) in [6.07, 6.45) is 11.4. The van der Waals surface area contributed by atoms with Crippen LogP contribution in [0.15, 0.2) is 35.0 Å². The van der Waals surface area contributed by atoms with Crippen molar-refractivity contribution in [3.63, 3.8) is 0 Å². The van der Waals surface area contributed by atoms with Crippen LogP contribution in [0.2, 0.25) is 0 Å². The van der Waals surface area contributed by atoms with Gasteiger partial charge in [0.25, 0.3) is 0 Å². The molecular formula is C25H30N2O3. The molecule has 0 bridgehead atoms. The number of carbonyl (C=O) groups is 1. The van der Waals surface area contributed by atoms with Crippen LogP contribution in [0.5, 0.6) is 5.75 Å². The van der Waals surface area contributed by atoms with E-state index in [0.717, 1.165) is 53.8 Å². The van der Waals surface area contributed by atoms with Crippen LogP contribution in [0.25, 0.3) is 21.9 Å². The van der Waals surface area contributed by atoms with Crippen molar-refractivity contribution < 1.29 is 13.9 Å². The first-order chi connectivity index (χ1) is 14.7. The van der Waals surface area contributed by atoms with E-state index in [1.54, 1.807) is 12.4 Å². The Labute approximate surface area is 177 Å². The maximum atomic E-state index is 12.7. The normalized spacial score (nSPS) is 19.3. The maximum absolute atomic E-state index is 12.7. The highest BCUT2D eigenvalue weighted by atomic mass is 16.5. The summed E-state index contributed by atoms with van der Waals surface area (Å²) in [5, 5.41) is 2.15. The molecule has 1 atom stereocenters. The van der Waals surface area contributed by atoms with E-state index in [9.17, 15) is 4.79 Å². The van der Waals surface area contributed by atoms with Crippen LogP contribution in [0.4, 0.5) is 0 Å². The van der Waals surface area contributed by atoms with Gasteiger partial charge in [-0.3, -0.25) is 9.78 Å². The second-order valence-electron chi connectivity index (χ2n) is 8.89. The lowest BCUT2D eigenvalue weighted by atomic mass is 9.93. The fourth-order valence-corrected chi connectivity index (χ4v) is 4.61. The van der Waals surface area contributed by atoms with Crippen molar-refractivity contribution in [2.45, 2.75) is 57.8 Å². The van der Waals surface area contributed by atoms with E-state index in [0.29, 0.717) is 12.3 Å². The minimum atomic E-state index is 0.192. The molecule has 1 saturated heterocycles. The van der Waals surface area contributed by atoms with Crippen LogP contribution in [-0.4, -0.2) is 35.5 Å². The van der Waals surface area contributed by atoms with Gasteiger partial charge in [-0.2, -0.15) is 0 Å². The Hall–Kier alpha value is -2.56. The standard InChI is InChI=1S/C25H30N2O3/c1-2-3-4-5-12-27-15-18(13-23(27)28)19-8-9-21(29-16-17-6-7-17)25-24(19)20-10-11-26-14-22(20)30-25/h8-11,14,17-18H,2-7,12-13,15-16H2,1H3. The van der Waals surface area contributed by atoms with Crippen LogP contribution in [0, 0.1) is 5.92 Å². The largest absolute Gasteiger partial charge is 0.489 e. The van der Waals surface area contributed by atoms with Crippen molar-refractivity contribution in [1.29, 1.82) is 0 Å². The number of ether oxygens (including phenoxy) is 1. The van der Waals surface area contributed by atoms with Crippen molar-refractivity contribution >= 4 is 27.8 Å². The zero-order valence-electron chi connectivity index (χ0n) is 17.7. The Morgan fingerprint density at radius 2 is 2.10 bits per heavy atom. The number of aromatic nitrogens is 1. The van der Waals surface area contributed by atoms with Crippen molar-refractivity contribution in [1.82, 2.24) is 9.88 Å². The molecule has 5 nitrogen and oxygen atoms in total. The van der Waals surface area contributed by atoms with E-state index in [-0.39, 0.29) is 11.8 Å². The summed E-state index contributed by atoms with van der Waals surface area (Å²) in [6.45, 7) is 4.62. The van der Waals surface area contributed by atoms with Gasteiger partial charge in [-0.15, -0.1) is 0 Å². The molecule has 1 saturated carbocycles. The van der Waals surface area contributed by atoms with Crippen LogP contribution in [0.3, 0.4) is 0 Å². The minimum absolute atomic E-state index is 0.192. The van der Waals surface area contributed by atoms with E-state index >= 15 is 0 Å². The molecule has 30 heavy (non-hydrogen) atoms. The Kier molecular flexibility index (Phi) is 5.36. The SMILES string of the molecule is CCCCCCN1CC(c2ccc(OCC3CC3)c3oc4cnccc4c23)CC1=O. The van der Waals surface area contributed by atoms with E-state index < -0.39 is 0 Å². The summed E-state index contributed by atoms with van der Waals surface area (Å²) in [5.74, 6) is 1.95. The number of fused-ring (bicyclic) bond motifs is 3. The van der Waals surface area contributed by atoms with Crippen molar-refractivity contribution in [2.24, 2.45) is 5.92 Å². The first-order valence-corrected chi connectivity index (χ1v) is 11.4. The summed E-state index contributed by atoms with van der Waals surface area (Å²) in [7, 11) is 0. The van der Waals surface area contributed by atoms with Gasteiger partial charge in [0, 0.05) is 42.4 Å². The molecule has 5 rings (SSSR count). The molecule has 1 aliphatic carbocycles. The summed E-state index contributed by atoms with van der Waals surface area (Å²) in [5.41, 5.74) is 2.76. The molecule has 0 radical (unpaired) electrons. The number of benzene rings is 1. The molecule has 1 amide bonds. The second kappa shape index (κ2) is 8.29. The fourth-order valence-electron chi connectivity index (χ4n) is 4.61. The highest BCUT2D eigenvalue weighted by Gasteiger charge is 2.33. The number of hydrogen-bond acceptors (Lipinski definition) is 4. The Balaban J connectivity index is 1.45. The molecule has 2 aliphatic rings. The first kappa shape index (κ1) is 19.4. The predicted octanol–water partition coefficient (Wildman–Crippen LogP) is 5.67. The van der Waals surface area contributed by atoms with Crippen molar-refractivity contribution in [2.75, 3.05) is 19.7 Å². The number of likely N-dealkylation sites (tertiary alicyclic amines) is 1. The average Bonchev–Trinajstić information content (AvgIpc) is 3.40. The quantitative estimate of drug-likeness (QED) is 0.430. The smallest absolute Gasteiger partial charge is 0.223 e. The second-order valence-corrected chi connectivity index (χ2v) is 8.89. The third-order valence-corrected chi connectivity index (χ3v) is 6.53. The molecule has 2 fully saturated rings. The van der Waals surface area contributed by atoms with Gasteiger partial charge in [0.2, 0.25) is 5.91 Å². The van der Waals surface area contributed by atoms with Gasteiger partial charge in [0.15, 0.2) is 16.9 Å². The topological polar surface area (TPSA) is 55.6 Å². The van der Waals surface area contributed by atoms with Gasteiger partial charge < -0.3 is 14.1 Å². The first-order valence-electron chi connectivity index (χ1n) is 11.4. The molecule has 2 aromatic heterocycles. The van der Waals surface area contributed by atoms with Crippen LogP contribution in [0.1, 0.15) is 63.4 Å². The number of unbranched alkanes of at least 4 members (excludes halogenated alkanes) is 3. The number of hydrogen-bond donors (Lipinski definition) is 0. The summed E-state index contributed by atoms with van der Waals surface area (Å²) < 4.78 is 12.3.